The zero-order valence-electron chi connectivity index (χ0n) is 10.6. The molecule has 1 heterocycles. The molecule has 0 atom stereocenters. The summed E-state index contributed by atoms with van der Waals surface area (Å²) in [6.45, 7) is 0.661. The Balaban J connectivity index is 1.63. The predicted molar refractivity (Wildman–Crippen MR) is 76.5 cm³/mol. The zero-order chi connectivity index (χ0) is 13.1. The van der Waals surface area contributed by atoms with Crippen LogP contribution in [-0.2, 0) is 6.54 Å². The Hall–Kier alpha value is -1.20. The summed E-state index contributed by atoms with van der Waals surface area (Å²) < 4.78 is 6.32. The van der Waals surface area contributed by atoms with E-state index in [4.69, 9.17) is 4.52 Å². The lowest BCUT2D eigenvalue weighted by Crippen LogP contribution is -2.25. The van der Waals surface area contributed by atoms with Crippen LogP contribution in [-0.4, -0.2) is 16.2 Å². The van der Waals surface area contributed by atoms with Gasteiger partial charge in [-0.1, -0.05) is 33.9 Å². The minimum Gasteiger partial charge on any atom is -0.338 e. The van der Waals surface area contributed by atoms with Crippen molar-refractivity contribution in [1.29, 1.82) is 0 Å². The molecule has 1 aromatic carbocycles. The molecule has 100 valence electrons. The predicted octanol–water partition coefficient (Wildman–Crippen LogP) is 3.53. The molecule has 1 aliphatic rings. The summed E-state index contributed by atoms with van der Waals surface area (Å²) in [5.74, 6) is 1.31. The highest BCUT2D eigenvalue weighted by atomic mass is 79.9. The van der Waals surface area contributed by atoms with E-state index in [0.717, 1.165) is 10.0 Å². The molecule has 0 amide bonds. The molecule has 1 aliphatic carbocycles. The van der Waals surface area contributed by atoms with Gasteiger partial charge in [-0.15, -0.1) is 0 Å². The van der Waals surface area contributed by atoms with E-state index in [1.54, 1.807) is 0 Å². The fraction of sp³-hybridized carbons (Fsp3) is 0.429. The molecule has 0 aliphatic heterocycles. The lowest BCUT2D eigenvalue weighted by molar-refractivity contribution is 0.357. The van der Waals surface area contributed by atoms with Crippen molar-refractivity contribution in [3.63, 3.8) is 0 Å². The van der Waals surface area contributed by atoms with Gasteiger partial charge in [0, 0.05) is 16.1 Å². The minimum atomic E-state index is 0.614. The maximum absolute atomic E-state index is 5.27. The van der Waals surface area contributed by atoms with Gasteiger partial charge in [0.05, 0.1) is 6.54 Å². The van der Waals surface area contributed by atoms with Crippen molar-refractivity contribution < 1.29 is 4.52 Å². The number of aromatic nitrogens is 2. The maximum atomic E-state index is 5.27. The molecule has 2 aromatic rings. The highest BCUT2D eigenvalue weighted by Crippen LogP contribution is 2.20. The molecule has 1 aromatic heterocycles. The van der Waals surface area contributed by atoms with Crippen LogP contribution in [0.5, 0.6) is 0 Å². The number of rotatable bonds is 4. The third-order valence-electron chi connectivity index (χ3n) is 3.47. The summed E-state index contributed by atoms with van der Waals surface area (Å²) in [6, 6.07) is 8.51. The van der Waals surface area contributed by atoms with Crippen LogP contribution in [0, 0.1) is 0 Å². The first kappa shape index (κ1) is 12.8. The van der Waals surface area contributed by atoms with Crippen molar-refractivity contribution in [3.05, 3.63) is 34.6 Å². The monoisotopic (exact) mass is 321 g/mol. The van der Waals surface area contributed by atoms with E-state index in [1.807, 2.05) is 24.3 Å². The van der Waals surface area contributed by atoms with Crippen molar-refractivity contribution in [3.8, 4) is 11.4 Å². The number of nitrogens with zero attached hydrogens (tertiary/aromatic N) is 2. The lowest BCUT2D eigenvalue weighted by atomic mass is 10.2. The molecule has 5 heteroatoms. The van der Waals surface area contributed by atoms with Gasteiger partial charge in [0.1, 0.15) is 0 Å². The molecule has 0 radical (unpaired) electrons. The second-order valence-corrected chi connectivity index (χ2v) is 5.80. The van der Waals surface area contributed by atoms with Crippen LogP contribution in [0.1, 0.15) is 31.6 Å². The molecule has 0 unspecified atom stereocenters. The minimum absolute atomic E-state index is 0.614. The number of nitrogens with one attached hydrogen (secondary N) is 1. The summed E-state index contributed by atoms with van der Waals surface area (Å²) in [5, 5.41) is 7.49. The number of benzene rings is 1. The normalized spacial score (nSPS) is 16.1. The van der Waals surface area contributed by atoms with E-state index >= 15 is 0 Å². The van der Waals surface area contributed by atoms with Crippen LogP contribution in [0.15, 0.2) is 33.3 Å². The molecule has 3 rings (SSSR count). The van der Waals surface area contributed by atoms with Crippen molar-refractivity contribution in [2.45, 2.75) is 38.3 Å². The SMILES string of the molecule is Brc1ccc(-c2noc(CNC3CCCC3)n2)cc1. The Labute approximate surface area is 120 Å². The van der Waals surface area contributed by atoms with E-state index in [9.17, 15) is 0 Å². The lowest BCUT2D eigenvalue weighted by Gasteiger charge is -2.08. The highest BCUT2D eigenvalue weighted by Gasteiger charge is 2.15. The van der Waals surface area contributed by atoms with Crippen LogP contribution in [0.3, 0.4) is 0 Å². The van der Waals surface area contributed by atoms with Gasteiger partial charge in [-0.3, -0.25) is 0 Å². The van der Waals surface area contributed by atoms with Crippen molar-refractivity contribution in [2.75, 3.05) is 0 Å². The summed E-state index contributed by atoms with van der Waals surface area (Å²) >= 11 is 3.41. The summed E-state index contributed by atoms with van der Waals surface area (Å²) in [5.41, 5.74) is 0.971. The number of hydrogen-bond donors (Lipinski definition) is 1. The van der Waals surface area contributed by atoms with Crippen molar-refractivity contribution in [1.82, 2.24) is 15.5 Å². The van der Waals surface area contributed by atoms with Gasteiger partial charge in [-0.25, -0.2) is 0 Å². The summed E-state index contributed by atoms with van der Waals surface area (Å²) in [7, 11) is 0. The van der Waals surface area contributed by atoms with Crippen LogP contribution in [0.2, 0.25) is 0 Å². The standard InChI is InChI=1S/C14H16BrN3O/c15-11-7-5-10(6-8-11)14-17-13(19-18-14)9-16-12-3-1-2-4-12/h5-8,12,16H,1-4,9H2. The average molecular weight is 322 g/mol. The smallest absolute Gasteiger partial charge is 0.240 e. The fourth-order valence-corrected chi connectivity index (χ4v) is 2.67. The average Bonchev–Trinajstić information content (AvgIpc) is 3.09. The maximum Gasteiger partial charge on any atom is 0.240 e. The molecule has 1 saturated carbocycles. The Kier molecular flexibility index (Phi) is 3.94. The molecule has 0 bridgehead atoms. The van der Waals surface area contributed by atoms with E-state index in [2.05, 4.69) is 31.4 Å². The molecular formula is C14H16BrN3O. The Morgan fingerprint density at radius 1 is 1.21 bits per heavy atom. The van der Waals surface area contributed by atoms with Crippen LogP contribution >= 0.6 is 15.9 Å². The topological polar surface area (TPSA) is 51.0 Å². The molecule has 1 N–H and O–H groups in total. The van der Waals surface area contributed by atoms with Crippen LogP contribution in [0.25, 0.3) is 11.4 Å². The van der Waals surface area contributed by atoms with Gasteiger partial charge in [0.15, 0.2) is 0 Å². The summed E-state index contributed by atoms with van der Waals surface area (Å²) in [4.78, 5) is 4.42. The Bertz CT molecular complexity index is 532. The molecule has 0 saturated heterocycles. The van der Waals surface area contributed by atoms with Crippen molar-refractivity contribution >= 4 is 15.9 Å². The van der Waals surface area contributed by atoms with E-state index < -0.39 is 0 Å². The van der Waals surface area contributed by atoms with E-state index in [0.29, 0.717) is 24.3 Å². The van der Waals surface area contributed by atoms with Crippen LogP contribution < -0.4 is 5.32 Å². The Morgan fingerprint density at radius 2 is 1.95 bits per heavy atom. The van der Waals surface area contributed by atoms with Gasteiger partial charge in [-0.2, -0.15) is 4.98 Å². The molecular weight excluding hydrogens is 306 g/mol. The first-order valence-electron chi connectivity index (χ1n) is 6.63. The van der Waals surface area contributed by atoms with Crippen LogP contribution in [0.4, 0.5) is 0 Å². The Morgan fingerprint density at radius 3 is 2.68 bits per heavy atom. The quantitative estimate of drug-likeness (QED) is 0.935. The fourth-order valence-electron chi connectivity index (χ4n) is 2.40. The number of hydrogen-bond acceptors (Lipinski definition) is 4. The molecule has 4 nitrogen and oxygen atoms in total. The first-order chi connectivity index (χ1) is 9.31. The highest BCUT2D eigenvalue weighted by molar-refractivity contribution is 9.10. The zero-order valence-corrected chi connectivity index (χ0v) is 12.2. The number of halogens is 1. The van der Waals surface area contributed by atoms with Gasteiger partial charge in [0.25, 0.3) is 0 Å². The molecule has 0 spiro atoms. The second kappa shape index (κ2) is 5.84. The van der Waals surface area contributed by atoms with E-state index in [1.165, 1.54) is 25.7 Å². The van der Waals surface area contributed by atoms with Crippen molar-refractivity contribution in [2.24, 2.45) is 0 Å². The largest absolute Gasteiger partial charge is 0.338 e. The third-order valence-corrected chi connectivity index (χ3v) is 4.00. The summed E-state index contributed by atoms with van der Waals surface area (Å²) in [6.07, 6.45) is 5.17. The van der Waals surface area contributed by atoms with Gasteiger partial charge in [0.2, 0.25) is 11.7 Å². The third kappa shape index (κ3) is 3.22. The van der Waals surface area contributed by atoms with Gasteiger partial charge < -0.3 is 9.84 Å². The first-order valence-corrected chi connectivity index (χ1v) is 7.42. The second-order valence-electron chi connectivity index (χ2n) is 4.88. The van der Waals surface area contributed by atoms with Gasteiger partial charge >= 0.3 is 0 Å². The van der Waals surface area contributed by atoms with Gasteiger partial charge in [-0.05, 0) is 37.1 Å². The van der Waals surface area contributed by atoms with E-state index in [-0.39, 0.29) is 0 Å². The molecule has 1 fully saturated rings. The molecule has 19 heavy (non-hydrogen) atoms.